The van der Waals surface area contributed by atoms with Gasteiger partial charge in [0.15, 0.2) is 0 Å². The zero-order valence-electron chi connectivity index (χ0n) is 3.28. The highest BCUT2D eigenvalue weighted by Crippen LogP contribution is 2.15. The van der Waals surface area contributed by atoms with Crippen LogP contribution in [0.4, 0.5) is 0 Å². The molecule has 0 aromatic carbocycles. The van der Waals surface area contributed by atoms with E-state index >= 15 is 0 Å². The lowest BCUT2D eigenvalue weighted by Gasteiger charge is -1.79. The molecular weight excluding hydrogens is 144 g/mol. The van der Waals surface area contributed by atoms with Gasteiger partial charge in [-0.05, 0) is 0 Å². The van der Waals surface area contributed by atoms with Crippen LogP contribution in [-0.2, 0) is 4.74 Å². The van der Waals surface area contributed by atoms with Gasteiger partial charge in [-0.3, -0.25) is 0 Å². The third-order valence-electron chi connectivity index (χ3n) is 0.670. The second-order valence-corrected chi connectivity index (χ2v) is 2.20. The van der Waals surface area contributed by atoms with Crippen LogP contribution in [0.15, 0.2) is 10.7 Å². The van der Waals surface area contributed by atoms with Crippen LogP contribution in [0.1, 0.15) is 6.42 Å². The maximum atomic E-state index is 4.85. The van der Waals surface area contributed by atoms with E-state index in [1.807, 2.05) is 0 Å². The SMILES string of the molecule is BrC1=COCC1. The molecule has 1 aliphatic heterocycles. The lowest BCUT2D eigenvalue weighted by Crippen LogP contribution is -1.71. The highest BCUT2D eigenvalue weighted by Gasteiger charge is 1.97. The molecule has 34 valence electrons. The number of hydrogen-bond donors (Lipinski definition) is 0. The van der Waals surface area contributed by atoms with Crippen LogP contribution in [0, 0.1) is 0 Å². The highest BCUT2D eigenvalue weighted by molar-refractivity contribution is 9.11. The summed E-state index contributed by atoms with van der Waals surface area (Å²) in [6.45, 7) is 0.848. The van der Waals surface area contributed by atoms with Gasteiger partial charge in [0, 0.05) is 10.9 Å². The van der Waals surface area contributed by atoms with E-state index in [0.29, 0.717) is 0 Å². The molecule has 0 atom stereocenters. The van der Waals surface area contributed by atoms with Crippen LogP contribution in [0.3, 0.4) is 0 Å². The van der Waals surface area contributed by atoms with E-state index in [2.05, 4.69) is 15.9 Å². The Morgan fingerprint density at radius 3 is 2.83 bits per heavy atom. The molecule has 1 aliphatic rings. The molecule has 0 radical (unpaired) electrons. The molecule has 0 aliphatic carbocycles. The van der Waals surface area contributed by atoms with E-state index in [4.69, 9.17) is 4.74 Å². The quantitative estimate of drug-likeness (QED) is 0.508. The predicted molar refractivity (Wildman–Crippen MR) is 27.6 cm³/mol. The number of halogens is 1. The molecule has 0 spiro atoms. The number of ether oxygens (including phenoxy) is 1. The summed E-state index contributed by atoms with van der Waals surface area (Å²) in [4.78, 5) is 0. The van der Waals surface area contributed by atoms with Crippen LogP contribution in [0.5, 0.6) is 0 Å². The first-order valence-electron chi connectivity index (χ1n) is 1.86. The molecular formula is C4H5BrO. The molecule has 0 aromatic rings. The monoisotopic (exact) mass is 148 g/mol. The van der Waals surface area contributed by atoms with Gasteiger partial charge in [0.25, 0.3) is 0 Å². The lowest BCUT2D eigenvalue weighted by atomic mass is 10.5. The molecule has 0 unspecified atom stereocenters. The van der Waals surface area contributed by atoms with Crippen molar-refractivity contribution in [3.63, 3.8) is 0 Å². The minimum Gasteiger partial charge on any atom is -0.500 e. The topological polar surface area (TPSA) is 9.23 Å². The van der Waals surface area contributed by atoms with Crippen molar-refractivity contribution in [3.8, 4) is 0 Å². The average molecular weight is 149 g/mol. The molecule has 0 N–H and O–H groups in total. The van der Waals surface area contributed by atoms with E-state index in [-0.39, 0.29) is 0 Å². The first-order chi connectivity index (χ1) is 2.89. The van der Waals surface area contributed by atoms with Crippen molar-refractivity contribution >= 4 is 15.9 Å². The summed E-state index contributed by atoms with van der Waals surface area (Å²) in [7, 11) is 0. The Bertz CT molecular complexity index is 77.6. The molecule has 1 heterocycles. The van der Waals surface area contributed by atoms with E-state index in [1.165, 1.54) is 4.48 Å². The van der Waals surface area contributed by atoms with Crippen molar-refractivity contribution in [2.24, 2.45) is 0 Å². The van der Waals surface area contributed by atoms with Crippen molar-refractivity contribution in [2.75, 3.05) is 6.61 Å². The third-order valence-corrected chi connectivity index (χ3v) is 1.25. The fraction of sp³-hybridized carbons (Fsp3) is 0.500. The average Bonchev–Trinajstić information content (AvgIpc) is 1.86. The van der Waals surface area contributed by atoms with Crippen LogP contribution < -0.4 is 0 Å². The van der Waals surface area contributed by atoms with Gasteiger partial charge >= 0.3 is 0 Å². The summed E-state index contributed by atoms with van der Waals surface area (Å²) in [5.74, 6) is 0. The maximum absolute atomic E-state index is 4.85. The Morgan fingerprint density at radius 1 is 1.83 bits per heavy atom. The van der Waals surface area contributed by atoms with Crippen molar-refractivity contribution in [1.29, 1.82) is 0 Å². The van der Waals surface area contributed by atoms with Gasteiger partial charge in [0.2, 0.25) is 0 Å². The maximum Gasteiger partial charge on any atom is 0.0931 e. The minimum absolute atomic E-state index is 0.848. The summed E-state index contributed by atoms with van der Waals surface area (Å²) < 4.78 is 6.02. The zero-order valence-corrected chi connectivity index (χ0v) is 4.86. The van der Waals surface area contributed by atoms with Gasteiger partial charge < -0.3 is 4.74 Å². The van der Waals surface area contributed by atoms with Gasteiger partial charge in [-0.25, -0.2) is 0 Å². The molecule has 0 bridgehead atoms. The minimum atomic E-state index is 0.848. The van der Waals surface area contributed by atoms with Gasteiger partial charge in [0.1, 0.15) is 0 Å². The Labute approximate surface area is 45.1 Å². The second kappa shape index (κ2) is 1.65. The third kappa shape index (κ3) is 0.744. The largest absolute Gasteiger partial charge is 0.500 e. The standard InChI is InChI=1S/C4H5BrO/c5-4-1-2-6-3-4/h3H,1-2H2. The molecule has 0 amide bonds. The molecule has 2 heteroatoms. The summed E-state index contributed by atoms with van der Waals surface area (Å²) in [5.41, 5.74) is 0. The van der Waals surface area contributed by atoms with Gasteiger partial charge in [-0.15, -0.1) is 0 Å². The van der Waals surface area contributed by atoms with E-state index < -0.39 is 0 Å². The van der Waals surface area contributed by atoms with Crippen molar-refractivity contribution in [3.05, 3.63) is 10.7 Å². The number of hydrogen-bond acceptors (Lipinski definition) is 1. The highest BCUT2D eigenvalue weighted by atomic mass is 79.9. The molecule has 1 nitrogen and oxygen atoms in total. The van der Waals surface area contributed by atoms with Crippen molar-refractivity contribution in [1.82, 2.24) is 0 Å². The first kappa shape index (κ1) is 4.19. The first-order valence-corrected chi connectivity index (χ1v) is 2.65. The zero-order chi connectivity index (χ0) is 4.41. The van der Waals surface area contributed by atoms with Crippen molar-refractivity contribution in [2.45, 2.75) is 6.42 Å². The Morgan fingerprint density at radius 2 is 2.67 bits per heavy atom. The Kier molecular flexibility index (Phi) is 1.15. The molecule has 1 rings (SSSR count). The van der Waals surface area contributed by atoms with E-state index in [1.54, 1.807) is 6.26 Å². The summed E-state index contributed by atoms with van der Waals surface area (Å²) in [5, 5.41) is 0. The summed E-state index contributed by atoms with van der Waals surface area (Å²) in [6.07, 6.45) is 2.78. The van der Waals surface area contributed by atoms with Gasteiger partial charge in [-0.1, -0.05) is 15.9 Å². The van der Waals surface area contributed by atoms with E-state index in [9.17, 15) is 0 Å². The second-order valence-electron chi connectivity index (χ2n) is 1.19. The van der Waals surface area contributed by atoms with Crippen LogP contribution in [-0.4, -0.2) is 6.61 Å². The molecule has 0 saturated carbocycles. The molecule has 0 fully saturated rings. The fourth-order valence-electron chi connectivity index (χ4n) is 0.365. The summed E-state index contributed by atoms with van der Waals surface area (Å²) >= 11 is 3.27. The molecule has 6 heavy (non-hydrogen) atoms. The molecule has 0 saturated heterocycles. The van der Waals surface area contributed by atoms with Crippen molar-refractivity contribution < 1.29 is 4.74 Å². The lowest BCUT2D eigenvalue weighted by molar-refractivity contribution is 0.281. The smallest absolute Gasteiger partial charge is 0.0931 e. The fourth-order valence-corrected chi connectivity index (χ4v) is 0.659. The predicted octanol–water partition coefficient (Wildman–Crippen LogP) is 1.64. The summed E-state index contributed by atoms with van der Waals surface area (Å²) in [6, 6.07) is 0. The Balaban J connectivity index is 2.45. The van der Waals surface area contributed by atoms with Crippen LogP contribution >= 0.6 is 15.9 Å². The van der Waals surface area contributed by atoms with Gasteiger partial charge in [-0.2, -0.15) is 0 Å². The molecule has 0 aromatic heterocycles. The van der Waals surface area contributed by atoms with Gasteiger partial charge in [0.05, 0.1) is 12.9 Å². The normalized spacial score (nSPS) is 19.8. The number of rotatable bonds is 0. The van der Waals surface area contributed by atoms with Crippen LogP contribution in [0.2, 0.25) is 0 Å². The Hall–Kier alpha value is 0.0200. The van der Waals surface area contributed by atoms with Crippen LogP contribution in [0.25, 0.3) is 0 Å². The van der Waals surface area contributed by atoms with E-state index in [0.717, 1.165) is 13.0 Å².